The lowest BCUT2D eigenvalue weighted by atomic mass is 9.69. The first-order valence-electron chi connectivity index (χ1n) is 11.6. The van der Waals surface area contributed by atoms with Gasteiger partial charge in [-0.2, -0.15) is 5.26 Å². The number of halogens is 2. The van der Waals surface area contributed by atoms with Gasteiger partial charge < -0.3 is 15.4 Å². The van der Waals surface area contributed by atoms with Gasteiger partial charge in [-0.3, -0.25) is 4.98 Å². The molecule has 178 valence electrons. The molecule has 0 bridgehead atoms. The van der Waals surface area contributed by atoms with Crippen molar-refractivity contribution in [3.8, 4) is 6.07 Å². The molecule has 2 radical (unpaired) electrons. The minimum absolute atomic E-state index is 0.0865. The molecule has 2 N–H and O–H groups in total. The molecule has 2 aromatic heterocycles. The summed E-state index contributed by atoms with van der Waals surface area (Å²) in [5.74, 6) is -0.373. The predicted molar refractivity (Wildman–Crippen MR) is 135 cm³/mol. The number of nitriles is 1. The van der Waals surface area contributed by atoms with Crippen LogP contribution in [0.5, 0.6) is 0 Å². The number of pyridine rings is 1. The maximum atomic E-state index is 13.7. The van der Waals surface area contributed by atoms with Gasteiger partial charge in [0.15, 0.2) is 0 Å². The van der Waals surface area contributed by atoms with Crippen LogP contribution in [0.15, 0.2) is 48.8 Å². The molecule has 2 aromatic carbocycles. The predicted octanol–water partition coefficient (Wildman–Crippen LogP) is 4.12. The van der Waals surface area contributed by atoms with Crippen molar-refractivity contribution in [1.82, 2.24) is 20.0 Å². The van der Waals surface area contributed by atoms with Gasteiger partial charge in [-0.1, -0.05) is 28.9 Å². The van der Waals surface area contributed by atoms with Crippen LogP contribution in [-0.2, 0) is 10.2 Å². The second-order valence-electron chi connectivity index (χ2n) is 9.15. The quantitative estimate of drug-likeness (QED) is 0.369. The summed E-state index contributed by atoms with van der Waals surface area (Å²) in [4.78, 5) is 4.40. The summed E-state index contributed by atoms with van der Waals surface area (Å²) in [5.41, 5.74) is 1.88. The zero-order chi connectivity index (χ0) is 24.9. The topological polar surface area (TPSA) is 101 Å². The van der Waals surface area contributed by atoms with Crippen LogP contribution in [0.25, 0.3) is 10.9 Å². The van der Waals surface area contributed by atoms with Gasteiger partial charge in [0.2, 0.25) is 0 Å². The molecule has 1 unspecified atom stereocenters. The molecule has 1 aliphatic carbocycles. The number of hydrogen-bond donors (Lipinski definition) is 2. The Kier molecular flexibility index (Phi) is 5.54. The first-order chi connectivity index (χ1) is 17.4. The van der Waals surface area contributed by atoms with E-state index in [0.29, 0.717) is 63.4 Å². The number of fused-ring (bicyclic) bond motifs is 1. The Morgan fingerprint density at radius 3 is 2.67 bits per heavy atom. The van der Waals surface area contributed by atoms with Crippen molar-refractivity contribution in [2.24, 2.45) is 0 Å². The Labute approximate surface area is 212 Å². The Bertz CT molecular complexity index is 1500. The summed E-state index contributed by atoms with van der Waals surface area (Å²) < 4.78 is 20.8. The second-order valence-corrected chi connectivity index (χ2v) is 9.55. The maximum Gasteiger partial charge on any atom is 0.123 e. The van der Waals surface area contributed by atoms with Gasteiger partial charge in [-0.25, -0.2) is 9.07 Å². The van der Waals surface area contributed by atoms with E-state index in [1.54, 1.807) is 22.9 Å². The highest BCUT2D eigenvalue weighted by molar-refractivity contribution is 6.36. The van der Waals surface area contributed by atoms with Crippen LogP contribution in [0.1, 0.15) is 35.7 Å². The summed E-state index contributed by atoms with van der Waals surface area (Å²) in [7, 11) is 6.96. The molecule has 0 spiro atoms. The van der Waals surface area contributed by atoms with E-state index in [9.17, 15) is 9.65 Å². The number of benzene rings is 2. The fourth-order valence-electron chi connectivity index (χ4n) is 4.29. The zero-order valence-corrected chi connectivity index (χ0v) is 19.8. The molecule has 2 fully saturated rings. The molecule has 11 heteroatoms. The molecule has 2 aliphatic rings. The number of rotatable bonds is 7. The summed E-state index contributed by atoms with van der Waals surface area (Å²) in [6.07, 6.45) is 5.40. The maximum absolute atomic E-state index is 13.7. The average molecular weight is 500 g/mol. The average Bonchev–Trinajstić information content (AvgIpc) is 3.57. The third-order valence-electron chi connectivity index (χ3n) is 6.51. The zero-order valence-electron chi connectivity index (χ0n) is 19.1. The second kappa shape index (κ2) is 8.77. The molecule has 3 heterocycles. The van der Waals surface area contributed by atoms with Crippen LogP contribution < -0.4 is 10.6 Å². The fraction of sp³-hybridized carbons (Fsp3) is 0.280. The van der Waals surface area contributed by atoms with E-state index in [2.05, 4.69) is 32.0 Å². The van der Waals surface area contributed by atoms with E-state index < -0.39 is 5.44 Å². The summed E-state index contributed by atoms with van der Waals surface area (Å²) in [6.45, 7) is 1.10. The van der Waals surface area contributed by atoms with Gasteiger partial charge in [0.25, 0.3) is 0 Å². The van der Waals surface area contributed by atoms with Crippen LogP contribution in [0.2, 0.25) is 5.02 Å². The third kappa shape index (κ3) is 4.04. The third-order valence-corrected chi connectivity index (χ3v) is 6.80. The smallest absolute Gasteiger partial charge is 0.123 e. The lowest BCUT2D eigenvalue weighted by molar-refractivity contribution is 0.0211. The van der Waals surface area contributed by atoms with E-state index in [4.69, 9.17) is 24.2 Å². The number of ether oxygens (including phenoxy) is 1. The van der Waals surface area contributed by atoms with Crippen LogP contribution >= 0.6 is 11.6 Å². The van der Waals surface area contributed by atoms with E-state index >= 15 is 0 Å². The standard InChI is InChI=1S/C25H20BClFN7O/c26-25(15-1-3-16(28)4-2-15,22-11-35(34-33-22)19-5-6-19)32-17-7-20-23(31-18-12-36-13-18)14(9-29)10-30-24(20)21(27)8-17/h1-4,7-8,10-11,18-19,32H,5-6,12-13H2,(H,30,31). The van der Waals surface area contributed by atoms with Crippen molar-refractivity contribution in [3.05, 3.63) is 76.5 Å². The SMILES string of the molecule is [B]C(Nc1cc(Cl)c2ncc(C#N)c(NC3COC3)c2c1)(c1ccc(F)cc1)c1cn(C2CC2)nn1. The van der Waals surface area contributed by atoms with Crippen molar-refractivity contribution < 1.29 is 9.13 Å². The fourth-order valence-corrected chi connectivity index (χ4v) is 4.56. The lowest BCUT2D eigenvalue weighted by Crippen LogP contribution is -2.40. The summed E-state index contributed by atoms with van der Waals surface area (Å²) in [5, 5.41) is 26.1. The molecule has 1 aliphatic heterocycles. The highest BCUT2D eigenvalue weighted by Crippen LogP contribution is 2.38. The number of hydrogen-bond acceptors (Lipinski definition) is 7. The molecule has 36 heavy (non-hydrogen) atoms. The molecule has 0 amide bonds. The van der Waals surface area contributed by atoms with Gasteiger partial charge in [-0.15, -0.1) is 5.10 Å². The number of aromatic nitrogens is 4. The Hall–Kier alpha value is -3.68. The largest absolute Gasteiger partial charge is 0.378 e. The lowest BCUT2D eigenvalue weighted by Gasteiger charge is -2.32. The van der Waals surface area contributed by atoms with Gasteiger partial charge in [0.05, 0.1) is 58.7 Å². The highest BCUT2D eigenvalue weighted by Gasteiger charge is 2.34. The van der Waals surface area contributed by atoms with Gasteiger partial charge in [-0.05, 0) is 42.7 Å². The van der Waals surface area contributed by atoms with Crippen LogP contribution in [0, 0.1) is 17.1 Å². The molecule has 4 aromatic rings. The molecule has 1 saturated heterocycles. The van der Waals surface area contributed by atoms with Crippen LogP contribution in [0.4, 0.5) is 15.8 Å². The Balaban J connectivity index is 1.46. The van der Waals surface area contributed by atoms with Gasteiger partial charge >= 0.3 is 0 Å². The molecule has 6 rings (SSSR count). The van der Waals surface area contributed by atoms with Crippen molar-refractivity contribution in [3.63, 3.8) is 0 Å². The first kappa shape index (κ1) is 22.8. The van der Waals surface area contributed by atoms with Crippen molar-refractivity contribution in [2.45, 2.75) is 30.4 Å². The molecule has 1 saturated carbocycles. The van der Waals surface area contributed by atoms with E-state index in [0.717, 1.165) is 12.8 Å². The molecular weight excluding hydrogens is 480 g/mol. The van der Waals surface area contributed by atoms with Crippen molar-refractivity contribution >= 4 is 41.7 Å². The van der Waals surface area contributed by atoms with Crippen molar-refractivity contribution in [2.75, 3.05) is 23.8 Å². The number of nitrogens with one attached hydrogen (secondary N) is 2. The van der Waals surface area contributed by atoms with Crippen molar-refractivity contribution in [1.29, 1.82) is 5.26 Å². The molecule has 8 nitrogen and oxygen atoms in total. The minimum atomic E-state index is -1.34. The number of anilines is 2. The highest BCUT2D eigenvalue weighted by atomic mass is 35.5. The van der Waals surface area contributed by atoms with Gasteiger partial charge in [0.1, 0.15) is 25.4 Å². The van der Waals surface area contributed by atoms with E-state index in [1.807, 2.05) is 12.3 Å². The van der Waals surface area contributed by atoms with Crippen LogP contribution in [-0.4, -0.2) is 47.1 Å². The Morgan fingerprint density at radius 2 is 2.00 bits per heavy atom. The van der Waals surface area contributed by atoms with Gasteiger partial charge in [0, 0.05) is 17.3 Å². The molecular formula is C25H20BClFN7O. The monoisotopic (exact) mass is 499 g/mol. The summed E-state index contributed by atoms with van der Waals surface area (Å²) in [6, 6.07) is 12.1. The first-order valence-corrected chi connectivity index (χ1v) is 11.9. The Morgan fingerprint density at radius 1 is 1.22 bits per heavy atom. The number of nitrogens with zero attached hydrogens (tertiary/aromatic N) is 5. The normalized spacial score (nSPS) is 17.2. The molecule has 1 atom stereocenters. The minimum Gasteiger partial charge on any atom is -0.378 e. The summed E-state index contributed by atoms with van der Waals surface area (Å²) >= 11 is 6.65. The van der Waals surface area contributed by atoms with E-state index in [-0.39, 0.29) is 11.9 Å². The van der Waals surface area contributed by atoms with E-state index in [1.165, 1.54) is 18.3 Å². The van der Waals surface area contributed by atoms with Crippen LogP contribution in [0.3, 0.4) is 0 Å².